The molecule has 0 N–H and O–H groups in total. The number of fused-ring (bicyclic) bond motifs is 1. The van der Waals surface area contributed by atoms with Crippen LogP contribution in [0.2, 0.25) is 0 Å². The lowest BCUT2D eigenvalue weighted by Crippen LogP contribution is -2.30. The van der Waals surface area contributed by atoms with Crippen LogP contribution in [0.1, 0.15) is 19.4 Å². The van der Waals surface area contributed by atoms with Gasteiger partial charge in [0.25, 0.3) is 5.76 Å². The van der Waals surface area contributed by atoms with Gasteiger partial charge in [0.05, 0.1) is 16.9 Å². The summed E-state index contributed by atoms with van der Waals surface area (Å²) in [6.07, 6.45) is 1.52. The van der Waals surface area contributed by atoms with E-state index in [2.05, 4.69) is 10.2 Å². The van der Waals surface area contributed by atoms with Crippen molar-refractivity contribution in [3.05, 3.63) is 42.1 Å². The number of hydrogen-bond acceptors (Lipinski definition) is 7. The lowest BCUT2D eigenvalue weighted by Gasteiger charge is -2.18. The predicted molar refractivity (Wildman–Crippen MR) is 118 cm³/mol. The maximum Gasteiger partial charge on any atom is 0.289 e. The molecule has 3 rings (SSSR count). The molecular weight excluding hydrogens is 466 g/mol. The van der Waals surface area contributed by atoms with Gasteiger partial charge in [0.15, 0.2) is 10.8 Å². The summed E-state index contributed by atoms with van der Waals surface area (Å²) in [5.74, 6) is -1.68. The molecule has 0 saturated heterocycles. The van der Waals surface area contributed by atoms with Crippen LogP contribution < -0.4 is 4.74 Å². The van der Waals surface area contributed by atoms with Gasteiger partial charge in [-0.05, 0) is 29.8 Å². The van der Waals surface area contributed by atoms with Gasteiger partial charge in [-0.1, -0.05) is 43.4 Å². The molecule has 2 heterocycles. The van der Waals surface area contributed by atoms with E-state index in [9.17, 15) is 17.2 Å². The Hall–Kier alpha value is -1.89. The Morgan fingerprint density at radius 3 is 2.55 bits per heavy atom. The molecule has 0 amide bonds. The van der Waals surface area contributed by atoms with Crippen LogP contribution in [0.25, 0.3) is 5.65 Å². The zero-order valence-electron chi connectivity index (χ0n) is 17.2. The van der Waals surface area contributed by atoms with E-state index in [0.29, 0.717) is 52.1 Å². The van der Waals surface area contributed by atoms with Crippen molar-refractivity contribution in [3.8, 4) is 5.75 Å². The third-order valence-corrected chi connectivity index (χ3v) is 8.32. The highest BCUT2D eigenvalue weighted by Crippen LogP contribution is 2.35. The molecule has 0 aliphatic rings. The molecule has 3 aromatic rings. The Bertz CT molecular complexity index is 1150. The summed E-state index contributed by atoms with van der Waals surface area (Å²) in [7, 11) is -2.17. The highest BCUT2D eigenvalue weighted by atomic mass is 32.2. The van der Waals surface area contributed by atoms with Crippen molar-refractivity contribution in [2.75, 3.05) is 20.2 Å². The molecule has 0 unspecified atom stereocenters. The first-order chi connectivity index (χ1) is 14.8. The summed E-state index contributed by atoms with van der Waals surface area (Å²) >= 11 is 1.79. The number of nitrogens with zero attached hydrogens (tertiary/aromatic N) is 4. The van der Waals surface area contributed by atoms with Gasteiger partial charge in [0.2, 0.25) is 10.0 Å². The number of hydrogen-bond donors (Lipinski definition) is 0. The number of rotatable bonds is 10. The van der Waals surface area contributed by atoms with Crippen molar-refractivity contribution >= 4 is 39.2 Å². The predicted octanol–water partition coefficient (Wildman–Crippen LogP) is 4.38. The summed E-state index contributed by atoms with van der Waals surface area (Å²) in [4.78, 5) is 0.533. The second-order valence-corrected chi connectivity index (χ2v) is 10.2. The fraction of sp³-hybridized carbons (Fsp3) is 0.368. The van der Waals surface area contributed by atoms with Gasteiger partial charge in [0, 0.05) is 25.0 Å². The number of sulfonamides is 1. The van der Waals surface area contributed by atoms with E-state index in [4.69, 9.17) is 4.74 Å². The summed E-state index contributed by atoms with van der Waals surface area (Å²) in [6.45, 7) is 4.34. The van der Waals surface area contributed by atoms with E-state index < -0.39 is 15.8 Å². The second-order valence-electron chi connectivity index (χ2n) is 6.32. The molecule has 168 valence electrons. The summed E-state index contributed by atoms with van der Waals surface area (Å²) < 4.78 is 59.2. The van der Waals surface area contributed by atoms with Crippen LogP contribution in [0, 0.1) is 0 Å². The number of methoxy groups -OCH3 is 1. The molecule has 0 spiro atoms. The van der Waals surface area contributed by atoms with Gasteiger partial charge in [0.1, 0.15) is 5.75 Å². The Morgan fingerprint density at radius 1 is 1.16 bits per heavy atom. The zero-order valence-corrected chi connectivity index (χ0v) is 19.6. The number of alkyl halides is 2. The summed E-state index contributed by atoms with van der Waals surface area (Å²) in [5, 5.41) is 8.77. The number of benzene rings is 1. The molecule has 7 nitrogen and oxygen atoms in total. The average Bonchev–Trinajstić information content (AvgIpc) is 3.15. The Labute approximate surface area is 188 Å². The number of halogens is 2. The molecule has 2 aromatic heterocycles. The van der Waals surface area contributed by atoms with E-state index in [0.717, 1.165) is 5.56 Å². The van der Waals surface area contributed by atoms with E-state index >= 15 is 0 Å². The number of thioether (sulfide) groups is 2. The van der Waals surface area contributed by atoms with Crippen molar-refractivity contribution in [1.29, 1.82) is 0 Å². The largest absolute Gasteiger partial charge is 0.496 e. The van der Waals surface area contributed by atoms with Gasteiger partial charge in [-0.3, -0.25) is 4.40 Å². The number of pyridine rings is 1. The molecule has 0 radical (unpaired) electrons. The van der Waals surface area contributed by atoms with Crippen molar-refractivity contribution in [1.82, 2.24) is 18.9 Å². The first-order valence-corrected chi connectivity index (χ1v) is 12.7. The number of aromatic nitrogens is 3. The second kappa shape index (κ2) is 10.2. The minimum atomic E-state index is -3.61. The smallest absolute Gasteiger partial charge is 0.289 e. The van der Waals surface area contributed by atoms with Gasteiger partial charge >= 0.3 is 0 Å². The van der Waals surface area contributed by atoms with E-state index in [1.807, 2.05) is 0 Å². The molecule has 12 heteroatoms. The van der Waals surface area contributed by atoms with Gasteiger partial charge in [-0.15, -0.1) is 10.2 Å². The third-order valence-electron chi connectivity index (χ3n) is 4.50. The lowest BCUT2D eigenvalue weighted by molar-refractivity contribution is 0.251. The van der Waals surface area contributed by atoms with Crippen molar-refractivity contribution < 1.29 is 21.9 Å². The van der Waals surface area contributed by atoms with Crippen LogP contribution in [0.4, 0.5) is 8.78 Å². The fourth-order valence-electron chi connectivity index (χ4n) is 2.96. The van der Waals surface area contributed by atoms with E-state index in [1.54, 1.807) is 42.5 Å². The maximum absolute atomic E-state index is 12.8. The van der Waals surface area contributed by atoms with Crippen LogP contribution in [-0.4, -0.2) is 53.3 Å². The van der Waals surface area contributed by atoms with Crippen molar-refractivity contribution in [2.24, 2.45) is 0 Å². The first-order valence-electron chi connectivity index (χ1n) is 9.39. The average molecular weight is 489 g/mol. The van der Waals surface area contributed by atoms with Crippen LogP contribution >= 0.6 is 23.5 Å². The van der Waals surface area contributed by atoms with Gasteiger partial charge < -0.3 is 4.74 Å². The third kappa shape index (κ3) is 5.30. The van der Waals surface area contributed by atoms with Gasteiger partial charge in [-0.2, -0.15) is 13.1 Å². The van der Waals surface area contributed by atoms with Crippen LogP contribution in [0.15, 0.2) is 51.5 Å². The first kappa shape index (κ1) is 23.8. The molecular formula is C19H22F2N4O3S3. The highest BCUT2D eigenvalue weighted by molar-refractivity contribution is 7.99. The molecule has 0 atom stereocenters. The lowest BCUT2D eigenvalue weighted by atomic mass is 10.2. The molecule has 1 aromatic carbocycles. The molecule has 0 aliphatic heterocycles. The SMILES string of the molecule is CCN(CC)S(=O)(=O)c1ccc2nnc(SCc3ccc(SC(F)F)c(OC)c3)n2c1. The quantitative estimate of drug-likeness (QED) is 0.392. The van der Waals surface area contributed by atoms with Crippen molar-refractivity contribution in [2.45, 2.75) is 40.3 Å². The Balaban J connectivity index is 1.84. The van der Waals surface area contributed by atoms with Crippen LogP contribution in [-0.2, 0) is 15.8 Å². The summed E-state index contributed by atoms with van der Waals surface area (Å²) in [5.41, 5.74) is 1.38. The molecule has 0 fully saturated rings. The van der Waals surface area contributed by atoms with Gasteiger partial charge in [-0.25, -0.2) is 8.42 Å². The molecule has 31 heavy (non-hydrogen) atoms. The molecule has 0 aliphatic carbocycles. The van der Waals surface area contributed by atoms with Crippen LogP contribution in [0.5, 0.6) is 5.75 Å². The Morgan fingerprint density at radius 2 is 1.90 bits per heavy atom. The van der Waals surface area contributed by atoms with Crippen molar-refractivity contribution in [3.63, 3.8) is 0 Å². The summed E-state index contributed by atoms with van der Waals surface area (Å²) in [6, 6.07) is 8.20. The monoisotopic (exact) mass is 488 g/mol. The normalized spacial score (nSPS) is 12.2. The van der Waals surface area contributed by atoms with Crippen LogP contribution in [0.3, 0.4) is 0 Å². The minimum absolute atomic E-state index is 0.167. The van der Waals surface area contributed by atoms with E-state index in [1.165, 1.54) is 35.4 Å². The highest BCUT2D eigenvalue weighted by Gasteiger charge is 2.23. The molecule has 0 bridgehead atoms. The maximum atomic E-state index is 12.8. The van der Waals surface area contributed by atoms with E-state index in [-0.39, 0.29) is 4.90 Å². The number of ether oxygens (including phenoxy) is 1. The zero-order chi connectivity index (χ0) is 22.6. The molecule has 0 saturated carbocycles. The minimum Gasteiger partial charge on any atom is -0.496 e. The fourth-order valence-corrected chi connectivity index (χ4v) is 5.87. The standard InChI is InChI=1S/C19H22F2N4O3S3/c1-4-24(5-2)31(26,27)14-7-9-17-22-23-19(25(17)11-14)29-12-13-6-8-16(30-18(20)21)15(10-13)28-3/h6-11,18H,4-5,12H2,1-3H3. The topological polar surface area (TPSA) is 76.8 Å². The Kier molecular flexibility index (Phi) is 7.78.